The van der Waals surface area contributed by atoms with Crippen molar-refractivity contribution in [2.45, 2.75) is 38.8 Å². The van der Waals surface area contributed by atoms with Gasteiger partial charge < -0.3 is 19.7 Å². The SMILES string of the molecule is CC(C)(C)OC(=O)N1CCNC(CCOc2c(Cl)c(Br)c(F)c3nc(Cl)[nH]c(=O)c23)C1. The second-order valence-electron chi connectivity index (χ2n) is 8.07. The van der Waals surface area contributed by atoms with E-state index in [1.165, 1.54) is 0 Å². The Hall–Kier alpha value is -1.62. The maximum absolute atomic E-state index is 14.5. The van der Waals surface area contributed by atoms with E-state index in [0.717, 1.165) is 0 Å². The van der Waals surface area contributed by atoms with Crippen molar-refractivity contribution in [3.05, 3.63) is 30.9 Å². The van der Waals surface area contributed by atoms with Gasteiger partial charge in [0.05, 0.1) is 11.1 Å². The molecule has 1 aliphatic heterocycles. The van der Waals surface area contributed by atoms with Gasteiger partial charge in [-0.15, -0.1) is 0 Å². The van der Waals surface area contributed by atoms with Gasteiger partial charge in [-0.1, -0.05) is 11.6 Å². The molecular formula is C19H22BrCl2FN4O4. The Kier molecular flexibility index (Phi) is 7.35. The van der Waals surface area contributed by atoms with Crippen LogP contribution in [0.1, 0.15) is 27.2 Å². The monoisotopic (exact) mass is 538 g/mol. The Morgan fingerprint density at radius 3 is 2.77 bits per heavy atom. The summed E-state index contributed by atoms with van der Waals surface area (Å²) in [5.74, 6) is -0.794. The third-order valence-corrected chi connectivity index (χ3v) is 6.04. The molecule has 8 nitrogen and oxygen atoms in total. The van der Waals surface area contributed by atoms with Crippen LogP contribution in [0.3, 0.4) is 0 Å². The van der Waals surface area contributed by atoms with E-state index in [0.29, 0.717) is 26.1 Å². The number of ether oxygens (including phenoxy) is 2. The number of nitrogens with one attached hydrogen (secondary N) is 2. The number of amides is 1. The van der Waals surface area contributed by atoms with Gasteiger partial charge in [0.15, 0.2) is 11.6 Å². The van der Waals surface area contributed by atoms with Gasteiger partial charge in [-0.3, -0.25) is 9.78 Å². The van der Waals surface area contributed by atoms with Gasteiger partial charge in [-0.25, -0.2) is 14.2 Å². The smallest absolute Gasteiger partial charge is 0.410 e. The number of rotatable bonds is 4. The lowest BCUT2D eigenvalue weighted by Gasteiger charge is -2.34. The molecule has 2 N–H and O–H groups in total. The molecule has 1 unspecified atom stereocenters. The predicted octanol–water partition coefficient (Wildman–Crippen LogP) is 4.11. The molecule has 0 aliphatic carbocycles. The number of carbonyl (C=O) groups is 1. The van der Waals surface area contributed by atoms with Crippen molar-refractivity contribution >= 4 is 56.1 Å². The summed E-state index contributed by atoms with van der Waals surface area (Å²) in [6.45, 7) is 7.20. The van der Waals surface area contributed by atoms with Gasteiger partial charge in [0.25, 0.3) is 5.56 Å². The fourth-order valence-electron chi connectivity index (χ4n) is 3.17. The van der Waals surface area contributed by atoms with Crippen LogP contribution in [-0.2, 0) is 4.74 Å². The van der Waals surface area contributed by atoms with Gasteiger partial charge >= 0.3 is 6.09 Å². The standard InChI is InChI=1S/C19H22BrCl2FN4O4/c1-19(2,3)31-18(29)27-6-5-24-9(8-27)4-7-30-15-10-14(13(23)11(20)12(15)21)25-17(22)26-16(10)28/h9,24H,4-8H2,1-3H3,(H,25,26,28). The van der Waals surface area contributed by atoms with E-state index in [9.17, 15) is 14.0 Å². The number of fused-ring (bicyclic) bond motifs is 1. The van der Waals surface area contributed by atoms with Crippen LogP contribution in [0.25, 0.3) is 10.9 Å². The predicted molar refractivity (Wildman–Crippen MR) is 120 cm³/mol. The topological polar surface area (TPSA) is 96.5 Å². The maximum Gasteiger partial charge on any atom is 0.410 e. The molecule has 0 spiro atoms. The molecular weight excluding hydrogens is 518 g/mol. The molecule has 0 saturated carbocycles. The zero-order chi connectivity index (χ0) is 22.9. The summed E-state index contributed by atoms with van der Waals surface area (Å²) >= 11 is 15.0. The molecule has 3 rings (SSSR count). The number of aromatic nitrogens is 2. The van der Waals surface area contributed by atoms with Gasteiger partial charge in [-0.05, 0) is 54.7 Å². The fourth-order valence-corrected chi connectivity index (χ4v) is 3.95. The zero-order valence-corrected chi connectivity index (χ0v) is 20.3. The number of halogens is 4. The first-order chi connectivity index (χ1) is 14.5. The minimum absolute atomic E-state index is 0.00941. The molecule has 1 aromatic heterocycles. The van der Waals surface area contributed by atoms with Crippen molar-refractivity contribution in [2.24, 2.45) is 0 Å². The van der Waals surface area contributed by atoms with E-state index in [1.54, 1.807) is 4.90 Å². The second kappa shape index (κ2) is 9.48. The highest BCUT2D eigenvalue weighted by Gasteiger charge is 2.28. The molecule has 12 heteroatoms. The largest absolute Gasteiger partial charge is 0.491 e. The van der Waals surface area contributed by atoms with Crippen molar-refractivity contribution in [3.8, 4) is 5.75 Å². The van der Waals surface area contributed by atoms with Gasteiger partial charge in [0.1, 0.15) is 21.5 Å². The zero-order valence-electron chi connectivity index (χ0n) is 17.2. The number of hydrogen-bond acceptors (Lipinski definition) is 6. The van der Waals surface area contributed by atoms with E-state index in [-0.39, 0.29) is 50.2 Å². The Labute approximate surface area is 196 Å². The summed E-state index contributed by atoms with van der Waals surface area (Å²) in [5, 5.41) is 2.87. The second-order valence-corrected chi connectivity index (χ2v) is 9.59. The van der Waals surface area contributed by atoms with Crippen molar-refractivity contribution in [1.29, 1.82) is 0 Å². The van der Waals surface area contributed by atoms with Crippen LogP contribution in [-0.4, -0.2) is 58.8 Å². The minimum Gasteiger partial charge on any atom is -0.491 e. The highest BCUT2D eigenvalue weighted by Crippen LogP contribution is 2.40. The lowest BCUT2D eigenvalue weighted by Crippen LogP contribution is -2.53. The van der Waals surface area contributed by atoms with Crippen LogP contribution in [0, 0.1) is 5.82 Å². The normalized spacial score (nSPS) is 17.1. The molecule has 1 saturated heterocycles. The lowest BCUT2D eigenvalue weighted by atomic mass is 10.1. The fraction of sp³-hybridized carbons (Fsp3) is 0.526. The van der Waals surface area contributed by atoms with Crippen molar-refractivity contribution in [2.75, 3.05) is 26.2 Å². The van der Waals surface area contributed by atoms with Gasteiger partial charge in [0.2, 0.25) is 5.28 Å². The average molecular weight is 540 g/mol. The molecule has 1 atom stereocenters. The van der Waals surface area contributed by atoms with Crippen LogP contribution < -0.4 is 15.6 Å². The number of piperazine rings is 1. The number of hydrogen-bond donors (Lipinski definition) is 2. The van der Waals surface area contributed by atoms with E-state index < -0.39 is 17.0 Å². The Balaban J connectivity index is 1.72. The molecule has 0 bridgehead atoms. The first-order valence-electron chi connectivity index (χ1n) is 9.58. The molecule has 1 aromatic carbocycles. The quantitative estimate of drug-likeness (QED) is 0.448. The third-order valence-electron chi connectivity index (χ3n) is 4.53. The summed E-state index contributed by atoms with van der Waals surface area (Å²) in [5.41, 5.74) is -1.48. The van der Waals surface area contributed by atoms with Crippen LogP contribution >= 0.6 is 39.1 Å². The van der Waals surface area contributed by atoms with Gasteiger partial charge in [0, 0.05) is 25.7 Å². The van der Waals surface area contributed by atoms with Crippen LogP contribution in [0.5, 0.6) is 5.75 Å². The van der Waals surface area contributed by atoms with E-state index in [2.05, 4.69) is 31.2 Å². The molecule has 0 radical (unpaired) electrons. The van der Waals surface area contributed by atoms with Crippen molar-refractivity contribution in [1.82, 2.24) is 20.2 Å². The minimum atomic E-state index is -0.803. The molecule has 1 amide bonds. The number of nitrogens with zero attached hydrogens (tertiary/aromatic N) is 2. The molecule has 31 heavy (non-hydrogen) atoms. The first kappa shape index (κ1) is 24.0. The van der Waals surface area contributed by atoms with E-state index >= 15 is 0 Å². The summed E-state index contributed by atoms with van der Waals surface area (Å²) in [4.78, 5) is 32.5. The number of benzene rings is 1. The van der Waals surface area contributed by atoms with Gasteiger partial charge in [-0.2, -0.15) is 0 Å². The molecule has 2 aromatic rings. The van der Waals surface area contributed by atoms with E-state index in [4.69, 9.17) is 32.7 Å². The number of H-pyrrole nitrogens is 1. The Morgan fingerprint density at radius 2 is 2.10 bits per heavy atom. The highest BCUT2D eigenvalue weighted by atomic mass is 79.9. The molecule has 1 fully saturated rings. The summed E-state index contributed by atoms with van der Waals surface area (Å²) in [6, 6.07) is -0.0546. The summed E-state index contributed by atoms with van der Waals surface area (Å²) in [6.07, 6.45) is 0.135. The van der Waals surface area contributed by atoms with Crippen LogP contribution in [0.15, 0.2) is 9.27 Å². The van der Waals surface area contributed by atoms with Crippen molar-refractivity contribution in [3.63, 3.8) is 0 Å². The molecule has 1 aliphatic rings. The summed E-state index contributed by atoms with van der Waals surface area (Å²) < 4.78 is 25.7. The third kappa shape index (κ3) is 5.60. The average Bonchev–Trinajstić information content (AvgIpc) is 2.68. The number of carbonyl (C=O) groups excluding carboxylic acids is 1. The lowest BCUT2D eigenvalue weighted by molar-refractivity contribution is 0.0188. The Morgan fingerprint density at radius 1 is 1.39 bits per heavy atom. The van der Waals surface area contributed by atoms with Crippen molar-refractivity contribution < 1.29 is 18.7 Å². The molecule has 170 valence electrons. The van der Waals surface area contributed by atoms with Crippen LogP contribution in [0.2, 0.25) is 10.3 Å². The molecule has 2 heterocycles. The number of aromatic amines is 1. The maximum atomic E-state index is 14.5. The van der Waals surface area contributed by atoms with Crippen LogP contribution in [0.4, 0.5) is 9.18 Å². The van der Waals surface area contributed by atoms with E-state index in [1.807, 2.05) is 20.8 Å². The first-order valence-corrected chi connectivity index (χ1v) is 11.1. The summed E-state index contributed by atoms with van der Waals surface area (Å²) in [7, 11) is 0. The highest BCUT2D eigenvalue weighted by molar-refractivity contribution is 9.10. The Bertz CT molecular complexity index is 1060.